The van der Waals surface area contributed by atoms with Crippen LogP contribution in [0.5, 0.6) is 5.75 Å². The highest BCUT2D eigenvalue weighted by molar-refractivity contribution is 5.98. The van der Waals surface area contributed by atoms with Crippen LogP contribution in [0, 0.1) is 5.82 Å². The smallest absolute Gasteiger partial charge is 0.322 e. The van der Waals surface area contributed by atoms with Gasteiger partial charge in [-0.1, -0.05) is 36.4 Å². The highest BCUT2D eigenvalue weighted by Gasteiger charge is 2.41. The molecule has 0 aromatic heterocycles. The van der Waals surface area contributed by atoms with Crippen molar-refractivity contribution in [2.75, 3.05) is 25.0 Å². The number of fused-ring (bicyclic) bond motifs is 5. The molecular weight excluding hydrogens is 595 g/mol. The third-order valence-corrected chi connectivity index (χ3v) is 8.73. The van der Waals surface area contributed by atoms with Crippen LogP contribution < -0.4 is 20.7 Å². The van der Waals surface area contributed by atoms with E-state index in [4.69, 9.17) is 9.47 Å². The Morgan fingerprint density at radius 1 is 1.02 bits per heavy atom. The topological polar surface area (TPSA) is 149 Å². The number of hydrogen-bond donors (Lipinski definition) is 5. The fourth-order valence-corrected chi connectivity index (χ4v) is 6.21. The van der Waals surface area contributed by atoms with Crippen LogP contribution in [0.3, 0.4) is 0 Å². The number of anilines is 1. The van der Waals surface area contributed by atoms with Gasteiger partial charge in [0.25, 0.3) is 5.91 Å². The zero-order valence-corrected chi connectivity index (χ0v) is 25.2. The van der Waals surface area contributed by atoms with Crippen molar-refractivity contribution in [2.45, 2.75) is 62.7 Å². The molecule has 0 radical (unpaired) electrons. The summed E-state index contributed by atoms with van der Waals surface area (Å²) in [5, 5.41) is 28.5. The van der Waals surface area contributed by atoms with Crippen molar-refractivity contribution < 1.29 is 38.5 Å². The number of rotatable bonds is 3. The summed E-state index contributed by atoms with van der Waals surface area (Å²) in [7, 11) is 0. The van der Waals surface area contributed by atoms with Gasteiger partial charge >= 0.3 is 6.03 Å². The van der Waals surface area contributed by atoms with E-state index in [1.54, 1.807) is 12.1 Å². The van der Waals surface area contributed by atoms with E-state index >= 15 is 0 Å². The molecule has 3 heterocycles. The predicted octanol–water partition coefficient (Wildman–Crippen LogP) is 3.20. The van der Waals surface area contributed by atoms with Gasteiger partial charge in [0.05, 0.1) is 31.0 Å². The average Bonchev–Trinajstić information content (AvgIpc) is 3.48. The van der Waals surface area contributed by atoms with Gasteiger partial charge in [0.1, 0.15) is 23.7 Å². The molecule has 4 amide bonds. The Morgan fingerprint density at radius 2 is 1.83 bits per heavy atom. The number of ether oxygens (including phenoxy) is 2. The lowest BCUT2D eigenvalue weighted by Crippen LogP contribution is -2.51. The zero-order valence-electron chi connectivity index (χ0n) is 25.2. The van der Waals surface area contributed by atoms with Gasteiger partial charge in [-0.15, -0.1) is 0 Å². The van der Waals surface area contributed by atoms with E-state index in [1.165, 1.54) is 29.2 Å². The Morgan fingerprint density at radius 3 is 2.61 bits per heavy atom. The Kier molecular flexibility index (Phi) is 9.48. The zero-order chi connectivity index (χ0) is 32.2. The van der Waals surface area contributed by atoms with Crippen LogP contribution in [-0.2, 0) is 16.1 Å². The molecule has 5 N–H and O–H groups in total. The number of benzene rings is 3. The maximum Gasteiger partial charge on any atom is 0.322 e. The van der Waals surface area contributed by atoms with Crippen LogP contribution in [0.1, 0.15) is 41.6 Å². The Hall–Kier alpha value is -4.52. The van der Waals surface area contributed by atoms with Crippen molar-refractivity contribution in [3.05, 3.63) is 83.7 Å². The molecule has 5 atom stereocenters. The summed E-state index contributed by atoms with van der Waals surface area (Å²) in [4.78, 5) is 41.8. The van der Waals surface area contributed by atoms with E-state index in [0.717, 1.165) is 16.7 Å². The number of hydrogen-bond acceptors (Lipinski definition) is 7. The van der Waals surface area contributed by atoms with E-state index in [0.29, 0.717) is 30.6 Å². The van der Waals surface area contributed by atoms with Gasteiger partial charge in [0.2, 0.25) is 5.91 Å². The van der Waals surface area contributed by atoms with Crippen molar-refractivity contribution >= 4 is 23.5 Å². The molecule has 2 saturated heterocycles. The van der Waals surface area contributed by atoms with Gasteiger partial charge in [-0.3, -0.25) is 9.59 Å². The average molecular weight is 633 g/mol. The molecule has 2 fully saturated rings. The van der Waals surface area contributed by atoms with Gasteiger partial charge in [0, 0.05) is 31.2 Å². The lowest BCUT2D eigenvalue weighted by molar-refractivity contribution is -0.133. The Labute approximate surface area is 265 Å². The standard InChI is InChI=1S/C34H37FN4O7/c35-23-2-1-3-24(15-23)38-34(44)39-18-25-16-28(39)33(43)36-17-31-29(41)11-9-26(46-31)12-13-45-30-14-22(8-10-27(30)32(42)37-25)21-6-4-20(19-40)5-7-21/h1-8,10,14-15,25-26,28-29,31,40-41H,9,11-13,16-19H2,(H,36,43)(H,37,42)(H,38,44)/t25-,26-,28-,29-,31+/m0/s1. The first-order chi connectivity index (χ1) is 22.3. The highest BCUT2D eigenvalue weighted by Crippen LogP contribution is 2.30. The van der Waals surface area contributed by atoms with E-state index in [9.17, 15) is 29.0 Å². The van der Waals surface area contributed by atoms with Crippen molar-refractivity contribution in [1.29, 1.82) is 0 Å². The number of halogens is 1. The van der Waals surface area contributed by atoms with E-state index in [-0.39, 0.29) is 44.5 Å². The Balaban J connectivity index is 1.29. The second-order valence-corrected chi connectivity index (χ2v) is 11.9. The second-order valence-electron chi connectivity index (χ2n) is 11.9. The molecule has 46 heavy (non-hydrogen) atoms. The molecule has 0 unspecified atom stereocenters. The van der Waals surface area contributed by atoms with Crippen LogP contribution in [0.2, 0.25) is 0 Å². The fraction of sp³-hybridized carbons (Fsp3) is 0.382. The van der Waals surface area contributed by atoms with E-state index in [2.05, 4.69) is 16.0 Å². The molecule has 3 aromatic rings. The van der Waals surface area contributed by atoms with Crippen LogP contribution in [0.25, 0.3) is 11.1 Å². The van der Waals surface area contributed by atoms with Crippen LogP contribution in [0.15, 0.2) is 66.7 Å². The maximum atomic E-state index is 13.8. The number of carbonyl (C=O) groups is 3. The lowest BCUT2D eigenvalue weighted by Gasteiger charge is -2.34. The first-order valence-electron chi connectivity index (χ1n) is 15.5. The van der Waals surface area contributed by atoms with Crippen molar-refractivity contribution in [3.8, 4) is 16.9 Å². The minimum atomic E-state index is -0.941. The molecule has 11 nitrogen and oxygen atoms in total. The summed E-state index contributed by atoms with van der Waals surface area (Å²) in [5.74, 6) is -1.02. The third kappa shape index (κ3) is 7.14. The SMILES string of the molecule is O=C1N[C@H]2C[C@@H](C(=O)NC[C@H]3O[C@H](CCOc4cc(-c5ccc(CO)cc5)ccc41)CC[C@@H]3O)N(C(=O)Nc1cccc(F)c1)C2. The number of aliphatic hydroxyl groups excluding tert-OH is 2. The summed E-state index contributed by atoms with van der Waals surface area (Å²) in [5.41, 5.74) is 3.01. The van der Waals surface area contributed by atoms with E-state index in [1.807, 2.05) is 30.3 Å². The largest absolute Gasteiger partial charge is 0.493 e. The fourth-order valence-electron chi connectivity index (χ4n) is 6.21. The minimum absolute atomic E-state index is 0.0289. The van der Waals surface area contributed by atoms with Gasteiger partial charge in [-0.25, -0.2) is 9.18 Å². The van der Waals surface area contributed by atoms with E-state index < -0.39 is 48.0 Å². The number of nitrogens with one attached hydrogen (secondary N) is 3. The molecule has 0 spiro atoms. The number of nitrogens with zero attached hydrogens (tertiary/aromatic N) is 1. The molecule has 3 aliphatic heterocycles. The monoisotopic (exact) mass is 632 g/mol. The molecule has 12 heteroatoms. The summed E-state index contributed by atoms with van der Waals surface area (Å²) < 4.78 is 26.1. The highest BCUT2D eigenvalue weighted by atomic mass is 19.1. The number of aliphatic hydroxyl groups is 2. The summed E-state index contributed by atoms with van der Waals surface area (Å²) >= 11 is 0. The van der Waals surface area contributed by atoms with Crippen LogP contribution >= 0.6 is 0 Å². The maximum absolute atomic E-state index is 13.8. The molecule has 242 valence electrons. The third-order valence-electron chi connectivity index (χ3n) is 8.73. The van der Waals surface area contributed by atoms with Crippen molar-refractivity contribution in [1.82, 2.24) is 15.5 Å². The Bertz CT molecular complexity index is 1590. The quantitative estimate of drug-likeness (QED) is 0.298. The first kappa shape index (κ1) is 31.5. The van der Waals surface area contributed by atoms with Crippen molar-refractivity contribution in [3.63, 3.8) is 0 Å². The number of likely N-dealkylation sites (tertiary alicyclic amines) is 1. The predicted molar refractivity (Wildman–Crippen MR) is 167 cm³/mol. The molecule has 0 aliphatic carbocycles. The van der Waals surface area contributed by atoms with Crippen molar-refractivity contribution in [2.24, 2.45) is 0 Å². The normalized spacial score (nSPS) is 25.1. The summed E-state index contributed by atoms with van der Waals surface area (Å²) in [6, 6.07) is 16.0. The second kappa shape index (κ2) is 13.9. The minimum Gasteiger partial charge on any atom is -0.493 e. The molecule has 0 saturated carbocycles. The first-order valence-corrected chi connectivity index (χ1v) is 15.5. The molecule has 6 rings (SSSR count). The molecule has 3 aromatic carbocycles. The lowest BCUT2D eigenvalue weighted by atomic mass is 9.99. The van der Waals surface area contributed by atoms with Gasteiger partial charge in [-0.2, -0.15) is 0 Å². The molecular formula is C34H37FN4O7. The molecule has 4 bridgehead atoms. The summed E-state index contributed by atoms with van der Waals surface area (Å²) in [6.07, 6.45) is 0.115. The van der Waals surface area contributed by atoms with Gasteiger partial charge < -0.3 is 40.5 Å². The number of urea groups is 1. The summed E-state index contributed by atoms with van der Waals surface area (Å²) in [6.45, 7) is 0.265. The van der Waals surface area contributed by atoms with Gasteiger partial charge in [0.15, 0.2) is 0 Å². The number of amides is 4. The van der Waals surface area contributed by atoms with Crippen LogP contribution in [0.4, 0.5) is 14.9 Å². The molecule has 3 aliphatic rings. The van der Waals surface area contributed by atoms with Crippen LogP contribution in [-0.4, -0.2) is 83.1 Å². The van der Waals surface area contributed by atoms with Gasteiger partial charge in [-0.05, 0) is 66.3 Å². The number of carbonyl (C=O) groups excluding carboxylic acids is 3.